The van der Waals surface area contributed by atoms with Gasteiger partial charge in [-0.15, -0.1) is 0 Å². The summed E-state index contributed by atoms with van der Waals surface area (Å²) in [5.74, 6) is 0.725. The van der Waals surface area contributed by atoms with Gasteiger partial charge in [-0.05, 0) is 24.1 Å². The monoisotopic (exact) mass is 278 g/mol. The molecule has 1 aliphatic rings. The van der Waals surface area contributed by atoms with Gasteiger partial charge in [-0.2, -0.15) is 5.10 Å². The smallest absolute Gasteiger partial charge is 0.226 e. The molecule has 3 heterocycles. The van der Waals surface area contributed by atoms with Gasteiger partial charge in [0.1, 0.15) is 5.82 Å². The number of hydrogen-bond donors (Lipinski definition) is 2. The Morgan fingerprint density at radius 2 is 2.14 bits per heavy atom. The molecular weight excluding hydrogens is 264 g/mol. The molecule has 0 aliphatic carbocycles. The Balaban J connectivity index is 1.96. The Labute approximate surface area is 121 Å². The van der Waals surface area contributed by atoms with E-state index in [1.807, 2.05) is 6.07 Å². The Morgan fingerprint density at radius 1 is 1.24 bits per heavy atom. The number of nitrogens with one attached hydrogen (secondary N) is 2. The number of hydrogen-bond acceptors (Lipinski definition) is 3. The average molecular weight is 278 g/mol. The number of carbonyl (C=O) groups is 1. The Hall–Kier alpha value is -2.69. The first-order valence-corrected chi connectivity index (χ1v) is 6.91. The van der Waals surface area contributed by atoms with Crippen molar-refractivity contribution in [3.8, 4) is 0 Å². The highest BCUT2D eigenvalue weighted by Crippen LogP contribution is 2.38. The van der Waals surface area contributed by atoms with E-state index >= 15 is 0 Å². The van der Waals surface area contributed by atoms with Crippen LogP contribution >= 0.6 is 0 Å². The van der Waals surface area contributed by atoms with E-state index in [2.05, 4.69) is 45.6 Å². The van der Waals surface area contributed by atoms with Crippen molar-refractivity contribution in [2.24, 2.45) is 0 Å². The zero-order chi connectivity index (χ0) is 14.4. The molecule has 5 nitrogen and oxygen atoms in total. The maximum atomic E-state index is 11.9. The number of aromatic amines is 1. The molecule has 21 heavy (non-hydrogen) atoms. The topological polar surface area (TPSA) is 70.7 Å². The number of rotatable bonds is 1. The number of fused-ring (bicyclic) bond motifs is 2. The number of pyridine rings is 1. The first-order chi connectivity index (χ1) is 10.2. The van der Waals surface area contributed by atoms with Gasteiger partial charge >= 0.3 is 0 Å². The summed E-state index contributed by atoms with van der Waals surface area (Å²) >= 11 is 0. The molecule has 104 valence electrons. The molecule has 5 heteroatoms. The minimum absolute atomic E-state index is 0.00867. The first kappa shape index (κ1) is 12.1. The van der Waals surface area contributed by atoms with Crippen LogP contribution in [-0.2, 0) is 4.79 Å². The van der Waals surface area contributed by atoms with Crippen molar-refractivity contribution in [1.82, 2.24) is 15.2 Å². The molecule has 0 radical (unpaired) electrons. The molecule has 2 N–H and O–H groups in total. The third kappa shape index (κ3) is 1.81. The third-order valence-corrected chi connectivity index (χ3v) is 4.08. The van der Waals surface area contributed by atoms with Crippen molar-refractivity contribution in [1.29, 1.82) is 0 Å². The summed E-state index contributed by atoms with van der Waals surface area (Å²) in [5, 5.41) is 10.8. The fourth-order valence-corrected chi connectivity index (χ4v) is 3.06. The van der Waals surface area contributed by atoms with E-state index in [1.54, 1.807) is 12.4 Å². The summed E-state index contributed by atoms with van der Waals surface area (Å²) in [6, 6.07) is 8.16. The van der Waals surface area contributed by atoms with E-state index in [9.17, 15) is 4.79 Å². The molecule has 1 atom stereocenters. The summed E-state index contributed by atoms with van der Waals surface area (Å²) in [5.41, 5.74) is 4.29. The van der Waals surface area contributed by atoms with Crippen LogP contribution in [0.5, 0.6) is 0 Å². The van der Waals surface area contributed by atoms with Crippen LogP contribution in [0.3, 0.4) is 0 Å². The Kier molecular flexibility index (Phi) is 2.54. The number of H-pyrrole nitrogens is 1. The summed E-state index contributed by atoms with van der Waals surface area (Å²) in [7, 11) is 0. The van der Waals surface area contributed by atoms with Crippen LogP contribution in [0.15, 0.2) is 36.7 Å². The lowest BCUT2D eigenvalue weighted by molar-refractivity contribution is -0.116. The molecule has 0 bridgehead atoms. The Bertz CT molecular complexity index is 852. The van der Waals surface area contributed by atoms with E-state index in [4.69, 9.17) is 0 Å². The molecule has 1 aliphatic heterocycles. The van der Waals surface area contributed by atoms with Gasteiger partial charge in [-0.3, -0.25) is 14.9 Å². The molecule has 0 saturated carbocycles. The highest BCUT2D eigenvalue weighted by Gasteiger charge is 2.29. The summed E-state index contributed by atoms with van der Waals surface area (Å²) in [4.78, 5) is 16.4. The largest absolute Gasteiger partial charge is 0.311 e. The van der Waals surface area contributed by atoms with Crippen molar-refractivity contribution in [2.75, 3.05) is 5.32 Å². The van der Waals surface area contributed by atoms with Gasteiger partial charge in [0.05, 0.1) is 11.7 Å². The number of aromatic nitrogens is 3. The lowest BCUT2D eigenvalue weighted by Gasteiger charge is -2.23. The molecule has 3 aromatic rings. The first-order valence-electron chi connectivity index (χ1n) is 6.91. The van der Waals surface area contributed by atoms with Crippen LogP contribution in [0.4, 0.5) is 5.82 Å². The van der Waals surface area contributed by atoms with Crippen LogP contribution in [-0.4, -0.2) is 21.1 Å². The molecule has 0 spiro atoms. The number of amides is 1. The van der Waals surface area contributed by atoms with Gasteiger partial charge in [-0.25, -0.2) is 0 Å². The van der Waals surface area contributed by atoms with Gasteiger partial charge in [0.15, 0.2) is 0 Å². The second kappa shape index (κ2) is 4.41. The normalized spacial score (nSPS) is 17.6. The predicted molar refractivity (Wildman–Crippen MR) is 80.2 cm³/mol. The van der Waals surface area contributed by atoms with E-state index in [0.29, 0.717) is 12.2 Å². The molecule has 1 aromatic carbocycles. The molecule has 1 unspecified atom stereocenters. The minimum Gasteiger partial charge on any atom is -0.311 e. The molecule has 4 rings (SSSR count). The van der Waals surface area contributed by atoms with Gasteiger partial charge < -0.3 is 5.32 Å². The number of anilines is 1. The fourth-order valence-electron chi connectivity index (χ4n) is 3.06. The maximum absolute atomic E-state index is 11.9. The third-order valence-electron chi connectivity index (χ3n) is 4.08. The molecule has 0 fully saturated rings. The van der Waals surface area contributed by atoms with E-state index in [0.717, 1.165) is 27.6 Å². The number of nitrogens with zero attached hydrogens (tertiary/aromatic N) is 2. The quantitative estimate of drug-likeness (QED) is 0.719. The van der Waals surface area contributed by atoms with Crippen molar-refractivity contribution in [3.05, 3.63) is 53.3 Å². The highest BCUT2D eigenvalue weighted by molar-refractivity contribution is 5.95. The van der Waals surface area contributed by atoms with Crippen LogP contribution in [0, 0.1) is 6.92 Å². The Morgan fingerprint density at radius 3 is 3.05 bits per heavy atom. The number of aryl methyl sites for hydroxylation is 1. The summed E-state index contributed by atoms with van der Waals surface area (Å²) in [6.45, 7) is 2.05. The predicted octanol–water partition coefficient (Wildman–Crippen LogP) is 2.74. The molecule has 1 amide bonds. The standard InChI is InChI=1S/C16H14N4O/c1-9-4-5-10(11-3-2-6-17-15(9)11)12-7-14(21)19-16-13(12)8-18-20-16/h2-6,8,12H,7H2,1H3,(H2,18,19,20,21). The SMILES string of the molecule is Cc1ccc(C2CC(=O)Nc3[nH]ncc32)c2cccnc12. The van der Waals surface area contributed by atoms with Crippen molar-refractivity contribution in [2.45, 2.75) is 19.3 Å². The lowest BCUT2D eigenvalue weighted by Crippen LogP contribution is -2.23. The zero-order valence-corrected chi connectivity index (χ0v) is 11.6. The van der Waals surface area contributed by atoms with Gasteiger partial charge in [0, 0.05) is 29.5 Å². The minimum atomic E-state index is 0.00867. The summed E-state index contributed by atoms with van der Waals surface area (Å²) < 4.78 is 0. The second-order valence-electron chi connectivity index (χ2n) is 5.38. The lowest BCUT2D eigenvalue weighted by atomic mass is 9.85. The van der Waals surface area contributed by atoms with Gasteiger partial charge in [0.25, 0.3) is 0 Å². The van der Waals surface area contributed by atoms with Gasteiger partial charge in [-0.1, -0.05) is 18.2 Å². The van der Waals surface area contributed by atoms with E-state index in [-0.39, 0.29) is 11.8 Å². The number of benzene rings is 1. The highest BCUT2D eigenvalue weighted by atomic mass is 16.1. The van der Waals surface area contributed by atoms with Crippen LogP contribution < -0.4 is 5.32 Å². The molecule has 2 aromatic heterocycles. The molecule has 0 saturated heterocycles. The second-order valence-corrected chi connectivity index (χ2v) is 5.38. The van der Waals surface area contributed by atoms with E-state index in [1.165, 1.54) is 0 Å². The van der Waals surface area contributed by atoms with Crippen molar-refractivity contribution < 1.29 is 4.79 Å². The zero-order valence-electron chi connectivity index (χ0n) is 11.6. The molecular formula is C16H14N4O. The summed E-state index contributed by atoms with van der Waals surface area (Å²) in [6.07, 6.45) is 4.02. The van der Waals surface area contributed by atoms with Gasteiger partial charge in [0.2, 0.25) is 5.91 Å². The average Bonchev–Trinajstić information content (AvgIpc) is 2.95. The van der Waals surface area contributed by atoms with Crippen molar-refractivity contribution >= 4 is 22.6 Å². The fraction of sp³-hybridized carbons (Fsp3) is 0.188. The number of carbonyl (C=O) groups excluding carboxylic acids is 1. The van der Waals surface area contributed by atoms with Crippen LogP contribution in [0.1, 0.15) is 29.0 Å². The van der Waals surface area contributed by atoms with E-state index < -0.39 is 0 Å². The van der Waals surface area contributed by atoms with Crippen LogP contribution in [0.25, 0.3) is 10.9 Å². The maximum Gasteiger partial charge on any atom is 0.226 e. The van der Waals surface area contributed by atoms with Crippen LogP contribution in [0.2, 0.25) is 0 Å². The van der Waals surface area contributed by atoms with Crippen molar-refractivity contribution in [3.63, 3.8) is 0 Å².